The number of ether oxygens (including phenoxy) is 1. The number of nitrogens with one attached hydrogen (secondary N) is 1. The summed E-state index contributed by atoms with van der Waals surface area (Å²) < 4.78 is 73.9. The molecule has 3 aromatic rings. The molecular formula is C20H18F3N3O4S. The van der Waals surface area contributed by atoms with Crippen molar-refractivity contribution in [2.45, 2.75) is 37.1 Å². The van der Waals surface area contributed by atoms with Crippen LogP contribution in [0, 0.1) is 5.41 Å². The van der Waals surface area contributed by atoms with Crippen molar-refractivity contribution in [3.8, 4) is 17.2 Å². The van der Waals surface area contributed by atoms with Crippen LogP contribution in [0.5, 0.6) is 5.75 Å². The van der Waals surface area contributed by atoms with E-state index < -0.39 is 27.8 Å². The summed E-state index contributed by atoms with van der Waals surface area (Å²) in [6, 6.07) is 12.6. The molecule has 1 N–H and O–H groups in total. The molecule has 2 atom stereocenters. The Morgan fingerprint density at radius 2 is 1.71 bits per heavy atom. The molecule has 164 valence electrons. The summed E-state index contributed by atoms with van der Waals surface area (Å²) >= 11 is 0. The van der Waals surface area contributed by atoms with Gasteiger partial charge in [0.05, 0.1) is 4.90 Å². The van der Waals surface area contributed by atoms with Gasteiger partial charge in [0.25, 0.3) is 5.89 Å². The van der Waals surface area contributed by atoms with Gasteiger partial charge in [0, 0.05) is 17.5 Å². The Morgan fingerprint density at radius 1 is 1.06 bits per heavy atom. The van der Waals surface area contributed by atoms with Crippen molar-refractivity contribution in [1.82, 2.24) is 14.9 Å². The van der Waals surface area contributed by atoms with Gasteiger partial charge in [-0.25, -0.2) is 13.1 Å². The summed E-state index contributed by atoms with van der Waals surface area (Å²) in [5.41, 5.74) is -0.0407. The van der Waals surface area contributed by atoms with Crippen molar-refractivity contribution < 1.29 is 30.8 Å². The van der Waals surface area contributed by atoms with Gasteiger partial charge in [-0.2, -0.15) is 4.98 Å². The minimum atomic E-state index is -4.78. The van der Waals surface area contributed by atoms with Crippen LogP contribution < -0.4 is 9.46 Å². The van der Waals surface area contributed by atoms with E-state index in [2.05, 4.69) is 19.6 Å². The van der Waals surface area contributed by atoms with Crippen LogP contribution in [0.15, 0.2) is 64.0 Å². The normalized spacial score (nSPS) is 20.4. The van der Waals surface area contributed by atoms with Gasteiger partial charge in [0.15, 0.2) is 5.82 Å². The summed E-state index contributed by atoms with van der Waals surface area (Å²) in [5, 5.41) is 3.95. The van der Waals surface area contributed by atoms with Gasteiger partial charge in [0.2, 0.25) is 10.0 Å². The monoisotopic (exact) mass is 453 g/mol. The lowest BCUT2D eigenvalue weighted by molar-refractivity contribution is -0.274. The van der Waals surface area contributed by atoms with Crippen LogP contribution >= 0.6 is 0 Å². The van der Waals surface area contributed by atoms with Gasteiger partial charge in [0.1, 0.15) is 5.75 Å². The standard InChI is InChI=1S/C20H18F3N3O4S/c1-19(2)15(16(19)26-31(27,28)14-6-4-3-5-7-14)17-24-18(30-25-17)12-8-10-13(11-9-12)29-20(21,22)23/h3-11,15-16,26H,1-2H3/t15-,16-/m0/s1. The lowest BCUT2D eigenvalue weighted by atomic mass is 10.1. The first-order chi connectivity index (χ1) is 14.5. The third-order valence-electron chi connectivity index (χ3n) is 5.22. The number of rotatable bonds is 6. The van der Waals surface area contributed by atoms with Gasteiger partial charge in [-0.05, 0) is 41.8 Å². The van der Waals surface area contributed by atoms with Crippen LogP contribution in [0.4, 0.5) is 13.2 Å². The smallest absolute Gasteiger partial charge is 0.406 e. The molecule has 1 heterocycles. The molecule has 7 nitrogen and oxygen atoms in total. The van der Waals surface area contributed by atoms with Crippen molar-refractivity contribution in [3.63, 3.8) is 0 Å². The zero-order valence-electron chi connectivity index (χ0n) is 16.4. The van der Waals surface area contributed by atoms with Crippen LogP contribution in [0.25, 0.3) is 11.5 Å². The zero-order chi connectivity index (χ0) is 22.4. The number of halogens is 3. The highest BCUT2D eigenvalue weighted by atomic mass is 32.2. The highest BCUT2D eigenvalue weighted by Crippen LogP contribution is 2.58. The number of hydrogen-bond acceptors (Lipinski definition) is 6. The first-order valence-corrected chi connectivity index (χ1v) is 10.7. The molecule has 0 unspecified atom stereocenters. The van der Waals surface area contributed by atoms with E-state index in [4.69, 9.17) is 4.52 Å². The maximum absolute atomic E-state index is 12.6. The lowest BCUT2D eigenvalue weighted by Crippen LogP contribution is -2.29. The number of sulfonamides is 1. The predicted molar refractivity (Wildman–Crippen MR) is 103 cm³/mol. The molecule has 11 heteroatoms. The Hall–Kier alpha value is -2.92. The molecule has 31 heavy (non-hydrogen) atoms. The first-order valence-electron chi connectivity index (χ1n) is 9.24. The molecule has 1 saturated carbocycles. The molecule has 0 aliphatic heterocycles. The van der Waals surface area contributed by atoms with Crippen LogP contribution in [0.2, 0.25) is 0 Å². The fraction of sp³-hybridized carbons (Fsp3) is 0.300. The molecule has 2 aromatic carbocycles. The molecule has 1 aromatic heterocycles. The largest absolute Gasteiger partial charge is 0.573 e. The minimum absolute atomic E-state index is 0.112. The zero-order valence-corrected chi connectivity index (χ0v) is 17.2. The molecule has 0 saturated heterocycles. The van der Waals surface area contributed by atoms with Gasteiger partial charge < -0.3 is 9.26 Å². The summed E-state index contributed by atoms with van der Waals surface area (Å²) in [4.78, 5) is 4.48. The second-order valence-electron chi connectivity index (χ2n) is 7.74. The third-order valence-corrected chi connectivity index (χ3v) is 6.67. The van der Waals surface area contributed by atoms with E-state index >= 15 is 0 Å². The topological polar surface area (TPSA) is 94.3 Å². The average Bonchev–Trinajstić information content (AvgIpc) is 3.03. The summed E-state index contributed by atoms with van der Waals surface area (Å²) in [6.07, 6.45) is -4.78. The Bertz CT molecular complexity index is 1180. The van der Waals surface area contributed by atoms with E-state index in [1.807, 2.05) is 13.8 Å². The molecular weight excluding hydrogens is 435 g/mol. The molecule has 0 bridgehead atoms. The molecule has 0 spiro atoms. The lowest BCUT2D eigenvalue weighted by Gasteiger charge is -2.08. The Labute approximate surface area is 176 Å². The minimum Gasteiger partial charge on any atom is -0.406 e. The van der Waals surface area contributed by atoms with Crippen LogP contribution in [-0.2, 0) is 10.0 Å². The van der Waals surface area contributed by atoms with Gasteiger partial charge >= 0.3 is 6.36 Å². The van der Waals surface area contributed by atoms with Crippen molar-refractivity contribution in [2.75, 3.05) is 0 Å². The van der Waals surface area contributed by atoms with Gasteiger partial charge in [-0.3, -0.25) is 0 Å². The highest BCUT2D eigenvalue weighted by Gasteiger charge is 2.62. The van der Waals surface area contributed by atoms with Crippen molar-refractivity contribution in [2.24, 2.45) is 5.41 Å². The Kier molecular flexibility index (Phi) is 5.05. The maximum Gasteiger partial charge on any atom is 0.573 e. The van der Waals surface area contributed by atoms with Gasteiger partial charge in [-0.1, -0.05) is 37.2 Å². The fourth-order valence-electron chi connectivity index (χ4n) is 3.45. The molecule has 4 rings (SSSR count). The number of aromatic nitrogens is 2. The SMILES string of the molecule is CC1(C)[C@H](c2noc(-c3ccc(OC(F)(F)F)cc3)n2)[C@@H]1NS(=O)(=O)c1ccccc1. The summed E-state index contributed by atoms with van der Waals surface area (Å²) in [7, 11) is -3.72. The van der Waals surface area contributed by atoms with E-state index in [0.717, 1.165) is 12.1 Å². The van der Waals surface area contributed by atoms with Crippen molar-refractivity contribution in [1.29, 1.82) is 0 Å². The van der Waals surface area contributed by atoms with E-state index in [9.17, 15) is 21.6 Å². The quantitative estimate of drug-likeness (QED) is 0.604. The number of alkyl halides is 3. The second kappa shape index (κ2) is 7.34. The molecule has 0 radical (unpaired) electrons. The van der Waals surface area contributed by atoms with Crippen molar-refractivity contribution >= 4 is 10.0 Å². The van der Waals surface area contributed by atoms with E-state index in [-0.39, 0.29) is 22.5 Å². The van der Waals surface area contributed by atoms with Crippen LogP contribution in [0.3, 0.4) is 0 Å². The molecule has 1 fully saturated rings. The highest BCUT2D eigenvalue weighted by molar-refractivity contribution is 7.89. The third kappa shape index (κ3) is 4.42. The Morgan fingerprint density at radius 3 is 2.32 bits per heavy atom. The number of hydrogen-bond donors (Lipinski definition) is 1. The fourth-order valence-corrected chi connectivity index (χ4v) is 4.88. The van der Waals surface area contributed by atoms with E-state index in [0.29, 0.717) is 11.4 Å². The number of nitrogens with zero attached hydrogens (tertiary/aromatic N) is 2. The Balaban J connectivity index is 1.50. The predicted octanol–water partition coefficient (Wildman–Crippen LogP) is 4.11. The van der Waals surface area contributed by atoms with Gasteiger partial charge in [-0.15, -0.1) is 13.2 Å². The number of benzene rings is 2. The molecule has 1 aliphatic rings. The summed E-state index contributed by atoms with van der Waals surface area (Å²) in [6.45, 7) is 3.77. The maximum atomic E-state index is 12.6. The van der Waals surface area contributed by atoms with Crippen molar-refractivity contribution in [3.05, 3.63) is 60.4 Å². The van der Waals surface area contributed by atoms with Crippen LogP contribution in [0.1, 0.15) is 25.6 Å². The summed E-state index contributed by atoms with van der Waals surface area (Å²) in [5.74, 6) is -0.261. The first kappa shape index (κ1) is 21.3. The van der Waals surface area contributed by atoms with E-state index in [1.165, 1.54) is 24.3 Å². The average molecular weight is 453 g/mol. The van der Waals surface area contributed by atoms with Crippen LogP contribution in [-0.4, -0.2) is 31.0 Å². The molecule has 0 amide bonds. The second-order valence-corrected chi connectivity index (χ2v) is 9.45. The van der Waals surface area contributed by atoms with E-state index in [1.54, 1.807) is 18.2 Å². The molecule has 1 aliphatic carbocycles.